The smallest absolute Gasteiger partial charge is 0.195 e. The maximum absolute atomic E-state index is 14.1. The Morgan fingerprint density at radius 2 is 0.735 bits per heavy atom. The summed E-state index contributed by atoms with van der Waals surface area (Å²) in [6.07, 6.45) is 0. The third-order valence-electron chi connectivity index (χ3n) is 5.93. The molecule has 0 radical (unpaired) electrons. The molecular weight excluding hydrogens is 416 g/mol. The van der Waals surface area contributed by atoms with Gasteiger partial charge in [0, 0.05) is 22.3 Å². The van der Waals surface area contributed by atoms with Gasteiger partial charge in [-0.2, -0.15) is 10.5 Å². The van der Waals surface area contributed by atoms with E-state index in [2.05, 4.69) is 12.1 Å². The molecule has 0 heterocycles. The average molecular weight is 434 g/mol. The van der Waals surface area contributed by atoms with Crippen LogP contribution in [0.1, 0.15) is 33.4 Å². The summed E-state index contributed by atoms with van der Waals surface area (Å²) in [6, 6.07) is 38.3. The highest BCUT2D eigenvalue weighted by atomic mass is 16.1. The predicted molar refractivity (Wildman–Crippen MR) is 134 cm³/mol. The molecule has 0 unspecified atom stereocenters. The molecule has 0 aliphatic heterocycles. The van der Waals surface area contributed by atoms with Gasteiger partial charge in [0.1, 0.15) is 0 Å². The number of hydrogen-bond acceptors (Lipinski definition) is 3. The van der Waals surface area contributed by atoms with Crippen molar-refractivity contribution in [3.8, 4) is 12.1 Å². The van der Waals surface area contributed by atoms with Crippen molar-refractivity contribution in [3.05, 3.63) is 143 Å². The van der Waals surface area contributed by atoms with Gasteiger partial charge in [-0.05, 0) is 46.5 Å². The molecule has 0 fully saturated rings. The summed E-state index contributed by atoms with van der Waals surface area (Å²) in [7, 11) is 0. The van der Waals surface area contributed by atoms with E-state index < -0.39 is 0 Å². The number of carbonyl (C=O) groups is 1. The molecule has 0 amide bonds. The maximum atomic E-state index is 14.1. The van der Waals surface area contributed by atoms with Crippen molar-refractivity contribution in [1.29, 1.82) is 10.5 Å². The lowest BCUT2D eigenvalue weighted by Crippen LogP contribution is -2.01. The normalized spacial score (nSPS) is 13.1. The predicted octanol–water partition coefficient (Wildman–Crippen LogP) is 6.53. The third-order valence-corrected chi connectivity index (χ3v) is 5.93. The van der Waals surface area contributed by atoms with Gasteiger partial charge < -0.3 is 0 Å². The van der Waals surface area contributed by atoms with E-state index in [0.29, 0.717) is 22.3 Å². The van der Waals surface area contributed by atoms with E-state index in [-0.39, 0.29) is 5.78 Å². The number of carbonyl (C=O) groups excluding carboxylic acids is 1. The Kier molecular flexibility index (Phi) is 5.45. The molecule has 1 aliphatic carbocycles. The molecule has 0 bridgehead atoms. The van der Waals surface area contributed by atoms with E-state index in [0.717, 1.165) is 33.4 Å². The molecule has 0 aromatic heterocycles. The Morgan fingerprint density at radius 1 is 0.412 bits per heavy atom. The molecule has 0 saturated heterocycles. The first kappa shape index (κ1) is 20.9. The van der Waals surface area contributed by atoms with Crippen molar-refractivity contribution in [2.75, 3.05) is 0 Å². The van der Waals surface area contributed by atoms with Gasteiger partial charge in [0.25, 0.3) is 0 Å². The molecule has 158 valence electrons. The quantitative estimate of drug-likeness (QED) is 0.367. The largest absolute Gasteiger partial charge is 0.289 e. The lowest BCUT2D eigenvalue weighted by molar-refractivity contribution is -0.108. The molecule has 4 aromatic carbocycles. The molecule has 5 rings (SSSR count). The number of hydrogen-bond donors (Lipinski definition) is 0. The third kappa shape index (κ3) is 3.62. The highest BCUT2D eigenvalue weighted by Crippen LogP contribution is 2.49. The second-order valence-electron chi connectivity index (χ2n) is 7.94. The van der Waals surface area contributed by atoms with Gasteiger partial charge in [-0.15, -0.1) is 0 Å². The van der Waals surface area contributed by atoms with Crippen molar-refractivity contribution >= 4 is 28.1 Å². The van der Waals surface area contributed by atoms with Crippen LogP contribution in [-0.2, 0) is 4.79 Å². The molecule has 1 aliphatic rings. The van der Waals surface area contributed by atoms with Gasteiger partial charge in [0.15, 0.2) is 5.78 Å². The van der Waals surface area contributed by atoms with E-state index in [1.807, 2.05) is 84.9 Å². The Balaban J connectivity index is 1.86. The van der Waals surface area contributed by atoms with Crippen molar-refractivity contribution in [2.24, 2.45) is 0 Å². The zero-order chi connectivity index (χ0) is 23.5. The van der Waals surface area contributed by atoms with E-state index >= 15 is 0 Å². The van der Waals surface area contributed by atoms with Gasteiger partial charge >= 0.3 is 0 Å². The highest BCUT2D eigenvalue weighted by Gasteiger charge is 2.35. The van der Waals surface area contributed by atoms with Gasteiger partial charge in [0.2, 0.25) is 0 Å². The van der Waals surface area contributed by atoms with Crippen LogP contribution >= 0.6 is 0 Å². The minimum Gasteiger partial charge on any atom is -0.289 e. The summed E-state index contributed by atoms with van der Waals surface area (Å²) in [5, 5.41) is 18.6. The molecule has 0 atom stereocenters. The van der Waals surface area contributed by atoms with Crippen LogP contribution in [-0.4, -0.2) is 5.78 Å². The number of Topliss-reactive ketones (excluding diaryl/α,β-unsaturated/α-hetero) is 1. The Hall–Kier alpha value is -4.99. The number of benzene rings is 4. The second-order valence-corrected chi connectivity index (χ2v) is 7.94. The number of nitriles is 2. The first-order valence-electron chi connectivity index (χ1n) is 10.9. The summed E-state index contributed by atoms with van der Waals surface area (Å²) in [5.41, 5.74) is 7.41. The molecular formula is C31H18N2O. The lowest BCUT2D eigenvalue weighted by Gasteiger charge is -2.14. The van der Waals surface area contributed by atoms with Crippen molar-refractivity contribution in [3.63, 3.8) is 0 Å². The van der Waals surface area contributed by atoms with Crippen LogP contribution in [0.2, 0.25) is 0 Å². The van der Waals surface area contributed by atoms with Crippen LogP contribution < -0.4 is 0 Å². The summed E-state index contributed by atoms with van der Waals surface area (Å²) in [6.45, 7) is 0. The van der Waals surface area contributed by atoms with Crippen LogP contribution in [0.15, 0.2) is 109 Å². The minimum atomic E-state index is -0.0453. The average Bonchev–Trinajstić information content (AvgIpc) is 3.22. The maximum Gasteiger partial charge on any atom is 0.195 e. The standard InChI is InChI=1S/C31H18N2O/c32-19-21-11-15-25(16-12-21)27-28(26-17-13-22(20-33)14-18-26)30(24-9-5-2-6-10-24)31(34)29(27)23-7-3-1-4-8-23/h1-18H. The van der Waals surface area contributed by atoms with Crippen LogP contribution in [0.4, 0.5) is 0 Å². The van der Waals surface area contributed by atoms with Gasteiger partial charge in [0.05, 0.1) is 23.3 Å². The molecule has 0 N–H and O–H groups in total. The van der Waals surface area contributed by atoms with Gasteiger partial charge in [-0.25, -0.2) is 0 Å². The molecule has 0 spiro atoms. The molecule has 0 saturated carbocycles. The molecule has 3 heteroatoms. The molecule has 34 heavy (non-hydrogen) atoms. The zero-order valence-electron chi connectivity index (χ0n) is 18.2. The fraction of sp³-hybridized carbons (Fsp3) is 0. The number of ketones is 1. The Morgan fingerprint density at radius 3 is 1.06 bits per heavy atom. The van der Waals surface area contributed by atoms with E-state index in [9.17, 15) is 15.3 Å². The monoisotopic (exact) mass is 434 g/mol. The fourth-order valence-electron chi connectivity index (χ4n) is 4.36. The number of allylic oxidation sites excluding steroid dienone is 4. The van der Waals surface area contributed by atoms with Crippen molar-refractivity contribution in [2.45, 2.75) is 0 Å². The van der Waals surface area contributed by atoms with Crippen molar-refractivity contribution < 1.29 is 4.79 Å². The van der Waals surface area contributed by atoms with E-state index in [4.69, 9.17) is 0 Å². The van der Waals surface area contributed by atoms with E-state index in [1.165, 1.54) is 0 Å². The molecule has 3 nitrogen and oxygen atoms in total. The van der Waals surface area contributed by atoms with E-state index in [1.54, 1.807) is 24.3 Å². The zero-order valence-corrected chi connectivity index (χ0v) is 18.2. The topological polar surface area (TPSA) is 64.7 Å². The Bertz CT molecular complexity index is 1410. The minimum absolute atomic E-state index is 0.0453. The highest BCUT2D eigenvalue weighted by molar-refractivity contribution is 6.59. The summed E-state index contributed by atoms with van der Waals surface area (Å²) >= 11 is 0. The number of rotatable bonds is 4. The van der Waals surface area contributed by atoms with Crippen LogP contribution in [0.5, 0.6) is 0 Å². The first-order valence-corrected chi connectivity index (χ1v) is 10.9. The van der Waals surface area contributed by atoms with Crippen LogP contribution in [0, 0.1) is 22.7 Å². The summed E-state index contributed by atoms with van der Waals surface area (Å²) in [4.78, 5) is 14.1. The summed E-state index contributed by atoms with van der Waals surface area (Å²) in [5.74, 6) is -0.0453. The van der Waals surface area contributed by atoms with Crippen LogP contribution in [0.3, 0.4) is 0 Å². The van der Waals surface area contributed by atoms with Crippen molar-refractivity contribution in [1.82, 2.24) is 0 Å². The lowest BCUT2D eigenvalue weighted by atomic mass is 9.88. The van der Waals surface area contributed by atoms with Gasteiger partial charge in [-0.3, -0.25) is 4.79 Å². The Labute approximate surface area is 198 Å². The second kappa shape index (κ2) is 8.87. The first-order chi connectivity index (χ1) is 16.7. The number of nitrogens with zero attached hydrogens (tertiary/aromatic N) is 2. The SMILES string of the molecule is N#Cc1ccc(C2=C(c3ccccc3)C(=O)C(c3ccccc3)=C2c2ccc(C#N)cc2)cc1. The van der Waals surface area contributed by atoms with Gasteiger partial charge in [-0.1, -0.05) is 84.9 Å². The fourth-order valence-corrected chi connectivity index (χ4v) is 4.36. The van der Waals surface area contributed by atoms with Crippen LogP contribution in [0.25, 0.3) is 22.3 Å². The molecule has 4 aromatic rings. The summed E-state index contributed by atoms with van der Waals surface area (Å²) < 4.78 is 0.